The summed E-state index contributed by atoms with van der Waals surface area (Å²) >= 11 is 6.10. The number of ether oxygens (including phenoxy) is 1. The average molecular weight is 327 g/mol. The Morgan fingerprint density at radius 3 is 2.83 bits per heavy atom. The number of pyridine rings is 1. The summed E-state index contributed by atoms with van der Waals surface area (Å²) in [5.74, 6) is 1.76. The fourth-order valence-electron chi connectivity index (χ4n) is 2.74. The van der Waals surface area contributed by atoms with Gasteiger partial charge in [0.05, 0.1) is 18.6 Å². The second-order valence-electron chi connectivity index (χ2n) is 5.64. The molecule has 0 saturated carbocycles. The summed E-state index contributed by atoms with van der Waals surface area (Å²) in [7, 11) is 0. The van der Waals surface area contributed by atoms with Crippen LogP contribution in [0.25, 0.3) is 10.9 Å². The summed E-state index contributed by atoms with van der Waals surface area (Å²) in [5.41, 5.74) is 1.85. The van der Waals surface area contributed by atoms with Crippen LogP contribution in [0.15, 0.2) is 42.9 Å². The lowest BCUT2D eigenvalue weighted by Gasteiger charge is -2.40. The first-order valence-corrected chi connectivity index (χ1v) is 7.81. The highest BCUT2D eigenvalue weighted by atomic mass is 35.5. The van der Waals surface area contributed by atoms with Gasteiger partial charge in [-0.2, -0.15) is 0 Å². The lowest BCUT2D eigenvalue weighted by molar-refractivity contribution is 0.167. The Balaban J connectivity index is 1.51. The molecule has 116 valence electrons. The largest absolute Gasteiger partial charge is 0.487 e. The summed E-state index contributed by atoms with van der Waals surface area (Å²) in [6.07, 6.45) is 3.51. The van der Waals surface area contributed by atoms with E-state index in [1.165, 1.54) is 0 Å². The minimum atomic E-state index is 0.154. The lowest BCUT2D eigenvalue weighted by atomic mass is 10.1. The maximum absolute atomic E-state index is 6.10. The molecule has 1 aromatic carbocycles. The quantitative estimate of drug-likeness (QED) is 0.739. The van der Waals surface area contributed by atoms with Crippen LogP contribution in [-0.4, -0.2) is 34.1 Å². The third kappa shape index (κ3) is 2.80. The van der Waals surface area contributed by atoms with Crippen molar-refractivity contribution in [2.45, 2.75) is 13.0 Å². The average Bonchev–Trinajstić information content (AvgIpc) is 2.50. The molecule has 0 amide bonds. The van der Waals surface area contributed by atoms with E-state index in [2.05, 4.69) is 19.9 Å². The van der Waals surface area contributed by atoms with Crippen LogP contribution in [-0.2, 0) is 0 Å². The summed E-state index contributed by atoms with van der Waals surface area (Å²) in [6, 6.07) is 9.50. The molecule has 0 atom stereocenters. The first kappa shape index (κ1) is 14.2. The van der Waals surface area contributed by atoms with Crippen molar-refractivity contribution in [3.63, 3.8) is 0 Å². The van der Waals surface area contributed by atoms with Crippen LogP contribution in [0.3, 0.4) is 0 Å². The zero-order valence-corrected chi connectivity index (χ0v) is 13.4. The number of aromatic nitrogens is 3. The Morgan fingerprint density at radius 2 is 2.00 bits per heavy atom. The first-order valence-electron chi connectivity index (χ1n) is 7.43. The highest BCUT2D eigenvalue weighted by Crippen LogP contribution is 2.29. The van der Waals surface area contributed by atoms with Gasteiger partial charge in [-0.15, -0.1) is 0 Å². The molecule has 6 heteroatoms. The van der Waals surface area contributed by atoms with Gasteiger partial charge in [0.1, 0.15) is 24.0 Å². The van der Waals surface area contributed by atoms with Crippen LogP contribution >= 0.6 is 11.6 Å². The second-order valence-corrected chi connectivity index (χ2v) is 6.07. The van der Waals surface area contributed by atoms with Crippen molar-refractivity contribution in [2.24, 2.45) is 0 Å². The summed E-state index contributed by atoms with van der Waals surface area (Å²) in [4.78, 5) is 15.1. The fraction of sp³-hybridized carbons (Fsp3) is 0.235. The molecule has 23 heavy (non-hydrogen) atoms. The summed E-state index contributed by atoms with van der Waals surface area (Å²) in [6.45, 7) is 3.54. The topological polar surface area (TPSA) is 51.1 Å². The Kier molecular flexibility index (Phi) is 3.50. The zero-order valence-electron chi connectivity index (χ0n) is 12.6. The molecule has 3 heterocycles. The van der Waals surface area contributed by atoms with Gasteiger partial charge in [-0.3, -0.25) is 4.98 Å². The van der Waals surface area contributed by atoms with Gasteiger partial charge in [0.2, 0.25) is 0 Å². The van der Waals surface area contributed by atoms with E-state index in [1.54, 1.807) is 12.5 Å². The minimum absolute atomic E-state index is 0.154. The van der Waals surface area contributed by atoms with Crippen LogP contribution in [0.2, 0.25) is 5.02 Å². The van der Waals surface area contributed by atoms with Crippen molar-refractivity contribution in [3.8, 4) is 5.75 Å². The van der Waals surface area contributed by atoms with Gasteiger partial charge in [-0.05, 0) is 31.2 Å². The second kappa shape index (κ2) is 5.66. The van der Waals surface area contributed by atoms with Crippen LogP contribution in [0.5, 0.6) is 5.75 Å². The van der Waals surface area contributed by atoms with E-state index in [1.807, 2.05) is 37.3 Å². The molecule has 1 aliphatic heterocycles. The van der Waals surface area contributed by atoms with Gasteiger partial charge in [-0.25, -0.2) is 9.97 Å². The molecule has 0 aliphatic carbocycles. The molecule has 2 aromatic heterocycles. The Labute approximate surface area is 138 Å². The summed E-state index contributed by atoms with van der Waals surface area (Å²) < 4.78 is 5.97. The molecular weight excluding hydrogens is 312 g/mol. The molecule has 0 N–H and O–H groups in total. The van der Waals surface area contributed by atoms with E-state index >= 15 is 0 Å². The number of halogens is 1. The molecule has 0 bridgehead atoms. The number of benzene rings is 1. The van der Waals surface area contributed by atoms with Gasteiger partial charge < -0.3 is 9.64 Å². The number of anilines is 1. The van der Waals surface area contributed by atoms with Gasteiger partial charge in [0.15, 0.2) is 0 Å². The number of aryl methyl sites for hydroxylation is 1. The SMILES string of the molecule is Cc1cc(OC2CN(c3ncnc4ccc(Cl)cc34)C2)ccn1. The first-order chi connectivity index (χ1) is 11.2. The standard InChI is InChI=1S/C17H15ClN4O/c1-11-6-13(4-5-19-11)23-14-8-22(9-14)17-15-7-12(18)2-3-16(15)20-10-21-17/h2-7,10,14H,8-9H2,1H3. The highest BCUT2D eigenvalue weighted by molar-refractivity contribution is 6.31. The maximum Gasteiger partial charge on any atom is 0.140 e. The molecule has 4 rings (SSSR count). The van der Waals surface area contributed by atoms with E-state index in [9.17, 15) is 0 Å². The molecule has 1 saturated heterocycles. The molecule has 0 radical (unpaired) electrons. The van der Waals surface area contributed by atoms with Crippen LogP contribution in [0.1, 0.15) is 5.69 Å². The predicted octanol–water partition coefficient (Wildman–Crippen LogP) is 3.25. The number of fused-ring (bicyclic) bond motifs is 1. The number of hydrogen-bond acceptors (Lipinski definition) is 5. The third-order valence-electron chi connectivity index (χ3n) is 3.89. The zero-order chi connectivity index (χ0) is 15.8. The predicted molar refractivity (Wildman–Crippen MR) is 90.2 cm³/mol. The highest BCUT2D eigenvalue weighted by Gasteiger charge is 2.30. The molecule has 0 spiro atoms. The van der Waals surface area contributed by atoms with Gasteiger partial charge in [-0.1, -0.05) is 11.6 Å². The molecule has 0 unspecified atom stereocenters. The van der Waals surface area contributed by atoms with Crippen molar-refractivity contribution < 1.29 is 4.74 Å². The third-order valence-corrected chi connectivity index (χ3v) is 4.13. The van der Waals surface area contributed by atoms with Crippen molar-refractivity contribution in [1.82, 2.24) is 15.0 Å². The molecule has 3 aromatic rings. The monoisotopic (exact) mass is 326 g/mol. The minimum Gasteiger partial charge on any atom is -0.487 e. The molecule has 1 aliphatic rings. The van der Waals surface area contributed by atoms with Gasteiger partial charge in [0, 0.05) is 28.4 Å². The van der Waals surface area contributed by atoms with Crippen molar-refractivity contribution in [2.75, 3.05) is 18.0 Å². The van der Waals surface area contributed by atoms with E-state index < -0.39 is 0 Å². The van der Waals surface area contributed by atoms with Crippen LogP contribution in [0, 0.1) is 6.92 Å². The van der Waals surface area contributed by atoms with E-state index in [4.69, 9.17) is 16.3 Å². The van der Waals surface area contributed by atoms with Crippen molar-refractivity contribution in [3.05, 3.63) is 53.6 Å². The fourth-order valence-corrected chi connectivity index (χ4v) is 2.91. The number of hydrogen-bond donors (Lipinski definition) is 0. The number of rotatable bonds is 3. The van der Waals surface area contributed by atoms with Crippen molar-refractivity contribution in [1.29, 1.82) is 0 Å². The molecular formula is C17H15ClN4O. The smallest absolute Gasteiger partial charge is 0.140 e. The van der Waals surface area contributed by atoms with Crippen LogP contribution < -0.4 is 9.64 Å². The lowest BCUT2D eigenvalue weighted by Crippen LogP contribution is -2.54. The maximum atomic E-state index is 6.10. The van der Waals surface area contributed by atoms with E-state index in [-0.39, 0.29) is 6.10 Å². The van der Waals surface area contributed by atoms with E-state index in [0.29, 0.717) is 5.02 Å². The Morgan fingerprint density at radius 1 is 1.13 bits per heavy atom. The van der Waals surface area contributed by atoms with Crippen LogP contribution in [0.4, 0.5) is 5.82 Å². The number of nitrogens with zero attached hydrogens (tertiary/aromatic N) is 4. The normalized spacial score (nSPS) is 14.8. The van der Waals surface area contributed by atoms with E-state index in [0.717, 1.165) is 41.3 Å². The van der Waals surface area contributed by atoms with Gasteiger partial charge >= 0.3 is 0 Å². The Bertz CT molecular complexity index is 864. The molecule has 1 fully saturated rings. The molecule has 5 nitrogen and oxygen atoms in total. The Hall–Kier alpha value is -2.40. The van der Waals surface area contributed by atoms with Gasteiger partial charge in [0.25, 0.3) is 0 Å². The van der Waals surface area contributed by atoms with Crippen molar-refractivity contribution >= 4 is 28.3 Å². The summed E-state index contributed by atoms with van der Waals surface area (Å²) in [5, 5.41) is 1.66.